The number of nitrogens with zero attached hydrogens (tertiary/aromatic N) is 2. The molecule has 3 atom stereocenters. The van der Waals surface area contributed by atoms with Crippen molar-refractivity contribution in [2.45, 2.75) is 77.6 Å². The average molecular weight is 384 g/mol. The molecule has 0 amide bonds. The summed E-state index contributed by atoms with van der Waals surface area (Å²) in [5.74, 6) is 0. The lowest BCUT2D eigenvalue weighted by Crippen LogP contribution is -2.47. The lowest BCUT2D eigenvalue weighted by Gasteiger charge is -2.39. The van der Waals surface area contributed by atoms with Crippen LogP contribution in [0.4, 0.5) is 0 Å². The third-order valence-electron chi connectivity index (χ3n) is 5.35. The molecule has 0 saturated carbocycles. The Balaban J connectivity index is 2.37. The maximum absolute atomic E-state index is 12.2. The van der Waals surface area contributed by atoms with Crippen LogP contribution < -0.4 is 11.2 Å². The van der Waals surface area contributed by atoms with Crippen molar-refractivity contribution in [1.29, 1.82) is 0 Å². The van der Waals surface area contributed by atoms with Gasteiger partial charge in [-0.2, -0.15) is 0 Å². The summed E-state index contributed by atoms with van der Waals surface area (Å²) in [7, 11) is -2.10. The molecule has 1 aromatic rings. The van der Waals surface area contributed by atoms with E-state index in [-0.39, 0.29) is 11.1 Å². The van der Waals surface area contributed by atoms with E-state index in [0.29, 0.717) is 17.7 Å². The monoisotopic (exact) mass is 383 g/mol. The molecule has 9 heteroatoms. The summed E-state index contributed by atoms with van der Waals surface area (Å²) in [6.07, 6.45) is 0.419. The van der Waals surface area contributed by atoms with E-state index in [0.717, 1.165) is 0 Å². The first-order valence-electron chi connectivity index (χ1n) is 8.71. The number of H-pyrrole nitrogens is 1. The minimum absolute atomic E-state index is 0.00527. The van der Waals surface area contributed by atoms with E-state index in [1.165, 1.54) is 10.8 Å². The Morgan fingerprint density at radius 2 is 2.04 bits per heavy atom. The highest BCUT2D eigenvalue weighted by Crippen LogP contribution is 2.41. The fourth-order valence-corrected chi connectivity index (χ4v) is 4.03. The Morgan fingerprint density at radius 3 is 2.58 bits per heavy atom. The maximum Gasteiger partial charge on any atom is 0.330 e. The van der Waals surface area contributed by atoms with Crippen molar-refractivity contribution in [2.75, 3.05) is 0 Å². The molecule has 0 aliphatic carbocycles. The molecule has 0 radical (unpaired) electrons. The molecule has 3 unspecified atom stereocenters. The molecule has 146 valence electrons. The van der Waals surface area contributed by atoms with Gasteiger partial charge in [0, 0.05) is 18.2 Å². The zero-order valence-electron chi connectivity index (χ0n) is 16.5. The molecule has 8 nitrogen and oxygen atoms in total. The van der Waals surface area contributed by atoms with E-state index in [1.807, 2.05) is 0 Å². The Kier molecular flexibility index (Phi) is 5.65. The largest absolute Gasteiger partial charge is 0.411 e. The second-order valence-corrected chi connectivity index (χ2v) is 13.1. The molecule has 1 fully saturated rings. The smallest absolute Gasteiger partial charge is 0.330 e. The van der Waals surface area contributed by atoms with E-state index < -0.39 is 31.9 Å². The number of rotatable bonds is 4. The SMILES string of the molecule is CC(=NO)C1OC(n2cc(C)c(=O)[nH]c2=O)CC1O[Si](C)(C)C(C)(C)C. The maximum atomic E-state index is 12.2. The molecule has 2 rings (SSSR count). The number of ether oxygens (including phenoxy) is 1. The van der Waals surface area contributed by atoms with Crippen LogP contribution in [0.1, 0.15) is 45.9 Å². The van der Waals surface area contributed by atoms with Gasteiger partial charge in [-0.1, -0.05) is 25.9 Å². The van der Waals surface area contributed by atoms with Crippen LogP contribution in [0.15, 0.2) is 20.9 Å². The number of nitrogens with one attached hydrogen (secondary N) is 1. The predicted octanol–water partition coefficient (Wildman–Crippen LogP) is 2.37. The fourth-order valence-electron chi connectivity index (χ4n) is 2.70. The van der Waals surface area contributed by atoms with Gasteiger partial charge in [-0.3, -0.25) is 14.3 Å². The zero-order valence-corrected chi connectivity index (χ0v) is 17.5. The molecule has 1 aliphatic heterocycles. The van der Waals surface area contributed by atoms with Gasteiger partial charge in [0.2, 0.25) is 0 Å². The second kappa shape index (κ2) is 7.13. The molecular weight excluding hydrogens is 354 g/mol. The third-order valence-corrected chi connectivity index (χ3v) is 9.86. The Morgan fingerprint density at radius 1 is 1.42 bits per heavy atom. The van der Waals surface area contributed by atoms with Crippen LogP contribution in [0.2, 0.25) is 18.1 Å². The number of aromatic nitrogens is 2. The van der Waals surface area contributed by atoms with Crippen molar-refractivity contribution in [3.63, 3.8) is 0 Å². The minimum atomic E-state index is -2.10. The van der Waals surface area contributed by atoms with Gasteiger partial charge in [0.25, 0.3) is 5.56 Å². The van der Waals surface area contributed by atoms with Gasteiger partial charge in [-0.15, -0.1) is 0 Å². The summed E-state index contributed by atoms with van der Waals surface area (Å²) < 4.78 is 13.8. The Hall–Kier alpha value is -1.71. The van der Waals surface area contributed by atoms with Crippen LogP contribution >= 0.6 is 0 Å². The first-order chi connectivity index (χ1) is 11.9. The van der Waals surface area contributed by atoms with Gasteiger partial charge < -0.3 is 14.4 Å². The highest BCUT2D eigenvalue weighted by Gasteiger charge is 2.46. The normalized spacial score (nSPS) is 24.9. The third kappa shape index (κ3) is 3.99. The fraction of sp³-hybridized carbons (Fsp3) is 0.706. The van der Waals surface area contributed by atoms with Crippen molar-refractivity contribution in [3.8, 4) is 0 Å². The molecule has 26 heavy (non-hydrogen) atoms. The summed E-state index contributed by atoms with van der Waals surface area (Å²) in [4.78, 5) is 26.1. The lowest BCUT2D eigenvalue weighted by molar-refractivity contribution is 0.0144. The van der Waals surface area contributed by atoms with Crippen LogP contribution in [0.3, 0.4) is 0 Å². The van der Waals surface area contributed by atoms with Gasteiger partial charge in [-0.25, -0.2) is 4.79 Å². The van der Waals surface area contributed by atoms with Crippen molar-refractivity contribution >= 4 is 14.0 Å². The Bertz CT molecular complexity index is 806. The first kappa shape index (κ1) is 20.6. The molecular formula is C17H29N3O5Si. The van der Waals surface area contributed by atoms with Gasteiger partial charge in [-0.05, 0) is 32.0 Å². The van der Waals surface area contributed by atoms with E-state index in [4.69, 9.17) is 9.16 Å². The summed E-state index contributed by atoms with van der Waals surface area (Å²) in [5, 5.41) is 12.5. The number of aromatic amines is 1. The second-order valence-electron chi connectivity index (χ2n) is 8.38. The molecule has 0 spiro atoms. The standard InChI is InChI=1S/C17H29N3O5Si/c1-10-9-20(16(22)18-15(10)21)13-8-12(14(24-13)11(2)19-23)25-26(6,7)17(3,4)5/h9,12-14,23H,8H2,1-7H3,(H,18,21,22). The molecule has 1 aliphatic rings. The highest BCUT2D eigenvalue weighted by molar-refractivity contribution is 6.74. The van der Waals surface area contributed by atoms with Crippen molar-refractivity contribution in [1.82, 2.24) is 9.55 Å². The van der Waals surface area contributed by atoms with Crippen molar-refractivity contribution in [2.24, 2.45) is 5.16 Å². The predicted molar refractivity (Wildman–Crippen MR) is 102 cm³/mol. The van der Waals surface area contributed by atoms with E-state index in [9.17, 15) is 14.8 Å². The molecule has 1 aromatic heterocycles. The molecule has 1 saturated heterocycles. The van der Waals surface area contributed by atoms with Crippen LogP contribution in [0, 0.1) is 6.92 Å². The summed E-state index contributed by atoms with van der Waals surface area (Å²) in [6.45, 7) is 14.0. The topological polar surface area (TPSA) is 106 Å². The van der Waals surface area contributed by atoms with Crippen LogP contribution in [0.25, 0.3) is 0 Å². The van der Waals surface area contributed by atoms with Crippen LogP contribution in [0.5, 0.6) is 0 Å². The van der Waals surface area contributed by atoms with Crippen molar-refractivity contribution in [3.05, 3.63) is 32.6 Å². The van der Waals surface area contributed by atoms with E-state index >= 15 is 0 Å². The lowest BCUT2D eigenvalue weighted by atomic mass is 10.1. The van der Waals surface area contributed by atoms with E-state index in [2.05, 4.69) is 44.0 Å². The van der Waals surface area contributed by atoms with Crippen LogP contribution in [-0.4, -0.2) is 41.0 Å². The molecule has 0 bridgehead atoms. The highest BCUT2D eigenvalue weighted by atomic mass is 28.4. The summed E-state index contributed by atoms with van der Waals surface area (Å²) >= 11 is 0. The first-order valence-corrected chi connectivity index (χ1v) is 11.6. The van der Waals surface area contributed by atoms with Gasteiger partial charge >= 0.3 is 5.69 Å². The van der Waals surface area contributed by atoms with Crippen molar-refractivity contribution < 1.29 is 14.4 Å². The molecule has 0 aromatic carbocycles. The summed E-state index contributed by atoms with van der Waals surface area (Å²) in [6, 6.07) is 0. The van der Waals surface area contributed by atoms with Gasteiger partial charge in [0.15, 0.2) is 8.32 Å². The number of aryl methyl sites for hydroxylation is 1. The van der Waals surface area contributed by atoms with Gasteiger partial charge in [0.1, 0.15) is 12.3 Å². The zero-order chi connectivity index (χ0) is 19.9. The number of hydrogen-bond donors (Lipinski definition) is 2. The average Bonchev–Trinajstić information content (AvgIpc) is 2.91. The quantitative estimate of drug-likeness (QED) is 0.359. The number of oxime groups is 1. The Labute approximate surface area is 154 Å². The summed E-state index contributed by atoms with van der Waals surface area (Å²) in [5.41, 5.74) is -0.129. The van der Waals surface area contributed by atoms with E-state index in [1.54, 1.807) is 13.8 Å². The van der Waals surface area contributed by atoms with Gasteiger partial charge in [0.05, 0.1) is 11.8 Å². The van der Waals surface area contributed by atoms with Crippen LogP contribution in [-0.2, 0) is 9.16 Å². The number of hydrogen-bond acceptors (Lipinski definition) is 6. The minimum Gasteiger partial charge on any atom is -0.411 e. The molecule has 2 N–H and O–H groups in total. The molecule has 2 heterocycles.